The highest BCUT2D eigenvalue weighted by molar-refractivity contribution is 6.54. The molecule has 132 valence electrons. The van der Waals surface area contributed by atoms with E-state index in [0.717, 1.165) is 22.0 Å². The molecule has 0 atom stereocenters. The van der Waals surface area contributed by atoms with Crippen LogP contribution in [0.5, 0.6) is 5.75 Å². The van der Waals surface area contributed by atoms with Crippen LogP contribution in [0.2, 0.25) is 0 Å². The molecule has 0 saturated carbocycles. The normalized spacial score (nSPS) is 15.0. The Morgan fingerprint density at radius 1 is 1.04 bits per heavy atom. The van der Waals surface area contributed by atoms with Crippen LogP contribution in [0.15, 0.2) is 83.5 Å². The Labute approximate surface area is 156 Å². The van der Waals surface area contributed by atoms with E-state index in [1.807, 2.05) is 54.6 Å². The zero-order valence-electron chi connectivity index (χ0n) is 14.5. The number of para-hydroxylation sites is 1. The van der Waals surface area contributed by atoms with Gasteiger partial charge in [0.2, 0.25) is 0 Å². The second-order valence-corrected chi connectivity index (χ2v) is 6.13. The predicted octanol–water partition coefficient (Wildman–Crippen LogP) is 3.90. The van der Waals surface area contributed by atoms with E-state index in [2.05, 4.69) is 16.8 Å². The summed E-state index contributed by atoms with van der Waals surface area (Å²) in [5.41, 5.74) is 2.38. The Hall–Kier alpha value is -3.73. The number of hydrogen-bond acceptors (Lipinski definition) is 4. The number of amides is 1. The monoisotopic (exact) mass is 355 g/mol. The molecular weight excluding hydrogens is 338 g/mol. The van der Waals surface area contributed by atoms with Gasteiger partial charge in [0.15, 0.2) is 5.71 Å². The summed E-state index contributed by atoms with van der Waals surface area (Å²) in [7, 11) is 0. The van der Waals surface area contributed by atoms with Gasteiger partial charge in [0.05, 0.1) is 11.9 Å². The number of aromatic hydroxyl groups is 1. The molecule has 0 saturated heterocycles. The van der Waals surface area contributed by atoms with Crippen LogP contribution in [0.25, 0.3) is 10.8 Å². The SMILES string of the molecule is C=CCN1C(=O)/C(=N\N=C\c2c(O)ccc3ccccc23)c2ccccc21. The summed E-state index contributed by atoms with van der Waals surface area (Å²) in [5, 5.41) is 20.3. The third-order valence-corrected chi connectivity index (χ3v) is 4.50. The highest BCUT2D eigenvalue weighted by Crippen LogP contribution is 2.29. The van der Waals surface area contributed by atoms with Gasteiger partial charge in [-0.15, -0.1) is 11.7 Å². The molecule has 1 aliphatic heterocycles. The van der Waals surface area contributed by atoms with Crippen LogP contribution in [-0.2, 0) is 4.79 Å². The van der Waals surface area contributed by atoms with Crippen molar-refractivity contribution >= 4 is 34.3 Å². The summed E-state index contributed by atoms with van der Waals surface area (Å²) in [6, 6.07) is 18.6. The number of rotatable bonds is 4. The van der Waals surface area contributed by atoms with Gasteiger partial charge in [0, 0.05) is 17.7 Å². The fourth-order valence-electron chi connectivity index (χ4n) is 3.23. The summed E-state index contributed by atoms with van der Waals surface area (Å²) in [6.07, 6.45) is 3.16. The minimum Gasteiger partial charge on any atom is -0.507 e. The first kappa shape index (κ1) is 16.7. The molecule has 1 N–H and O–H groups in total. The Balaban J connectivity index is 1.74. The van der Waals surface area contributed by atoms with Crippen molar-refractivity contribution in [2.75, 3.05) is 11.4 Å². The Morgan fingerprint density at radius 2 is 1.81 bits per heavy atom. The summed E-state index contributed by atoms with van der Waals surface area (Å²) in [5.74, 6) is -0.0977. The van der Waals surface area contributed by atoms with Crippen LogP contribution in [-0.4, -0.2) is 29.5 Å². The number of hydrogen-bond donors (Lipinski definition) is 1. The van der Waals surface area contributed by atoms with Crippen LogP contribution < -0.4 is 4.90 Å². The van der Waals surface area contributed by atoms with Gasteiger partial charge in [-0.3, -0.25) is 4.79 Å². The molecule has 3 aromatic carbocycles. The molecule has 0 fully saturated rings. The number of carbonyl (C=O) groups is 1. The zero-order chi connectivity index (χ0) is 18.8. The van der Waals surface area contributed by atoms with E-state index in [0.29, 0.717) is 12.1 Å². The first-order valence-electron chi connectivity index (χ1n) is 8.54. The van der Waals surface area contributed by atoms with Gasteiger partial charge in [0.25, 0.3) is 5.91 Å². The molecule has 1 amide bonds. The van der Waals surface area contributed by atoms with Gasteiger partial charge in [-0.2, -0.15) is 5.10 Å². The van der Waals surface area contributed by atoms with Crippen molar-refractivity contribution in [3.05, 3.63) is 84.4 Å². The Bertz CT molecular complexity index is 1120. The number of phenols is 1. The van der Waals surface area contributed by atoms with Gasteiger partial charge < -0.3 is 10.0 Å². The van der Waals surface area contributed by atoms with Gasteiger partial charge in [-0.05, 0) is 22.9 Å². The van der Waals surface area contributed by atoms with Crippen LogP contribution in [0.1, 0.15) is 11.1 Å². The third kappa shape index (κ3) is 2.89. The molecule has 3 aromatic rings. The van der Waals surface area contributed by atoms with Crippen molar-refractivity contribution in [3.63, 3.8) is 0 Å². The smallest absolute Gasteiger partial charge is 0.279 e. The highest BCUT2D eigenvalue weighted by Gasteiger charge is 2.32. The van der Waals surface area contributed by atoms with Crippen molar-refractivity contribution in [1.82, 2.24) is 0 Å². The van der Waals surface area contributed by atoms with E-state index in [-0.39, 0.29) is 17.4 Å². The average molecular weight is 355 g/mol. The molecule has 1 heterocycles. The van der Waals surface area contributed by atoms with Gasteiger partial charge >= 0.3 is 0 Å². The van der Waals surface area contributed by atoms with Crippen LogP contribution in [0, 0.1) is 0 Å². The lowest BCUT2D eigenvalue weighted by Gasteiger charge is -2.13. The van der Waals surface area contributed by atoms with Gasteiger partial charge in [-0.25, -0.2) is 0 Å². The molecule has 4 rings (SSSR count). The molecule has 5 heteroatoms. The maximum atomic E-state index is 12.7. The summed E-state index contributed by atoms with van der Waals surface area (Å²) in [6.45, 7) is 4.11. The minimum atomic E-state index is -0.213. The Morgan fingerprint density at radius 3 is 2.67 bits per heavy atom. The van der Waals surface area contributed by atoms with E-state index in [1.54, 1.807) is 17.0 Å². The number of phenolic OH excluding ortho intramolecular Hbond substituents is 1. The quantitative estimate of drug-likeness (QED) is 0.438. The average Bonchev–Trinajstić information content (AvgIpc) is 2.96. The fourth-order valence-corrected chi connectivity index (χ4v) is 3.23. The third-order valence-electron chi connectivity index (χ3n) is 4.50. The van der Waals surface area contributed by atoms with Crippen LogP contribution >= 0.6 is 0 Å². The molecule has 0 radical (unpaired) electrons. The van der Waals surface area contributed by atoms with Crippen molar-refractivity contribution < 1.29 is 9.90 Å². The van der Waals surface area contributed by atoms with Crippen molar-refractivity contribution in [1.29, 1.82) is 0 Å². The molecule has 0 aliphatic carbocycles. The summed E-state index contributed by atoms with van der Waals surface area (Å²) < 4.78 is 0. The lowest BCUT2D eigenvalue weighted by atomic mass is 10.0. The van der Waals surface area contributed by atoms with Crippen molar-refractivity contribution in [2.24, 2.45) is 10.2 Å². The molecule has 0 aromatic heterocycles. The van der Waals surface area contributed by atoms with E-state index in [4.69, 9.17) is 0 Å². The van der Waals surface area contributed by atoms with Crippen LogP contribution in [0.4, 0.5) is 5.69 Å². The predicted molar refractivity (Wildman–Crippen MR) is 109 cm³/mol. The van der Waals surface area contributed by atoms with E-state index in [9.17, 15) is 9.90 Å². The standard InChI is InChI=1S/C22H17N3O2/c1-2-13-25-19-10-6-5-9-17(19)21(22(25)27)24-23-14-18-16-8-4-3-7-15(16)11-12-20(18)26/h2-12,14,26H,1,13H2/b23-14+,24-21-. The lowest BCUT2D eigenvalue weighted by molar-refractivity contribution is -0.112. The van der Waals surface area contributed by atoms with Crippen molar-refractivity contribution in [2.45, 2.75) is 0 Å². The maximum absolute atomic E-state index is 12.7. The maximum Gasteiger partial charge on any atom is 0.279 e. The van der Waals surface area contributed by atoms with E-state index in [1.165, 1.54) is 6.21 Å². The number of fused-ring (bicyclic) bond motifs is 2. The second kappa shape index (κ2) is 6.88. The molecule has 27 heavy (non-hydrogen) atoms. The fraction of sp³-hybridized carbons (Fsp3) is 0.0455. The molecule has 0 spiro atoms. The Kier molecular flexibility index (Phi) is 4.26. The van der Waals surface area contributed by atoms with Crippen molar-refractivity contribution in [3.8, 4) is 5.75 Å². The molecule has 1 aliphatic rings. The molecular formula is C22H17N3O2. The zero-order valence-corrected chi connectivity index (χ0v) is 14.5. The first-order valence-corrected chi connectivity index (χ1v) is 8.54. The van der Waals surface area contributed by atoms with Gasteiger partial charge in [0.1, 0.15) is 5.75 Å². The molecule has 5 nitrogen and oxygen atoms in total. The number of anilines is 1. The number of benzene rings is 3. The molecule has 0 bridgehead atoms. The van der Waals surface area contributed by atoms with Crippen LogP contribution in [0.3, 0.4) is 0 Å². The number of nitrogens with zero attached hydrogens (tertiary/aromatic N) is 3. The largest absolute Gasteiger partial charge is 0.507 e. The highest BCUT2D eigenvalue weighted by atomic mass is 16.3. The summed E-state index contributed by atoms with van der Waals surface area (Å²) in [4.78, 5) is 14.3. The van der Waals surface area contributed by atoms with E-state index < -0.39 is 0 Å². The summed E-state index contributed by atoms with van der Waals surface area (Å²) >= 11 is 0. The van der Waals surface area contributed by atoms with Gasteiger partial charge in [-0.1, -0.05) is 54.6 Å². The topological polar surface area (TPSA) is 65.3 Å². The lowest BCUT2D eigenvalue weighted by Crippen LogP contribution is -2.30. The second-order valence-electron chi connectivity index (χ2n) is 6.13. The van der Waals surface area contributed by atoms with E-state index >= 15 is 0 Å². The first-order chi connectivity index (χ1) is 13.2. The number of carbonyl (C=O) groups excluding carboxylic acids is 1. The molecule has 0 unspecified atom stereocenters. The minimum absolute atomic E-state index is 0.115.